The Bertz CT molecular complexity index is 1170. The predicted molar refractivity (Wildman–Crippen MR) is 130 cm³/mol. The van der Waals surface area contributed by atoms with E-state index in [0.29, 0.717) is 23.8 Å². The van der Waals surface area contributed by atoms with Gasteiger partial charge in [0.05, 0.1) is 5.02 Å². The van der Waals surface area contributed by atoms with Crippen molar-refractivity contribution in [1.82, 2.24) is 20.1 Å². The van der Waals surface area contributed by atoms with E-state index in [0.717, 1.165) is 34.1 Å². The lowest BCUT2D eigenvalue weighted by atomic mass is 10.2. The van der Waals surface area contributed by atoms with Crippen molar-refractivity contribution >= 4 is 29.3 Å². The minimum Gasteiger partial charge on any atom is -0.352 e. The van der Waals surface area contributed by atoms with Crippen molar-refractivity contribution in [2.24, 2.45) is 0 Å². The summed E-state index contributed by atoms with van der Waals surface area (Å²) in [5.41, 5.74) is 2.89. The number of halogens is 1. The zero-order valence-corrected chi connectivity index (χ0v) is 19.0. The van der Waals surface area contributed by atoms with Gasteiger partial charge in [0, 0.05) is 30.0 Å². The maximum Gasteiger partial charge on any atom is 0.220 e. The number of hydrogen-bond donors (Lipinski definition) is 1. The second-order valence-electron chi connectivity index (χ2n) is 7.17. The molecule has 4 rings (SSSR count). The van der Waals surface area contributed by atoms with Crippen LogP contribution in [0, 0.1) is 0 Å². The summed E-state index contributed by atoms with van der Waals surface area (Å²) in [5.74, 6) is 1.51. The number of rotatable bonds is 9. The standard InChI is InChI=1S/C25H23ClN4OS/c26-22-15-8-7-14-21(22)24-28-29-25(30(24)20-12-5-2-6-13-20)32-17-9-16-23(31)27-18-19-10-3-1-4-11-19/h1-8,10-15H,9,16-18H2,(H,27,31). The number of nitrogens with zero attached hydrogens (tertiary/aromatic N) is 3. The van der Waals surface area contributed by atoms with Crippen molar-refractivity contribution in [1.29, 1.82) is 0 Å². The van der Waals surface area contributed by atoms with Crippen LogP contribution in [0.15, 0.2) is 90.1 Å². The van der Waals surface area contributed by atoms with Gasteiger partial charge in [0.2, 0.25) is 5.91 Å². The van der Waals surface area contributed by atoms with E-state index in [1.807, 2.05) is 89.5 Å². The highest BCUT2D eigenvalue weighted by Crippen LogP contribution is 2.32. The lowest BCUT2D eigenvalue weighted by Gasteiger charge is -2.11. The molecule has 0 radical (unpaired) electrons. The quantitative estimate of drug-likeness (QED) is 0.253. The van der Waals surface area contributed by atoms with Crippen molar-refractivity contribution in [3.05, 3.63) is 95.5 Å². The maximum absolute atomic E-state index is 12.2. The molecule has 7 heteroatoms. The Labute approximate surface area is 196 Å². The fourth-order valence-electron chi connectivity index (χ4n) is 3.27. The third-order valence-electron chi connectivity index (χ3n) is 4.87. The molecule has 3 aromatic carbocycles. The average Bonchev–Trinajstić information content (AvgIpc) is 3.25. The van der Waals surface area contributed by atoms with Gasteiger partial charge in [-0.05, 0) is 36.2 Å². The van der Waals surface area contributed by atoms with Gasteiger partial charge in [-0.3, -0.25) is 9.36 Å². The molecule has 0 atom stereocenters. The summed E-state index contributed by atoms with van der Waals surface area (Å²) in [6.07, 6.45) is 1.21. The van der Waals surface area contributed by atoms with Crippen LogP contribution in [0.1, 0.15) is 18.4 Å². The van der Waals surface area contributed by atoms with Gasteiger partial charge in [-0.25, -0.2) is 0 Å². The van der Waals surface area contributed by atoms with Gasteiger partial charge in [-0.1, -0.05) is 84.0 Å². The Morgan fingerprint density at radius 2 is 1.59 bits per heavy atom. The topological polar surface area (TPSA) is 59.8 Å². The molecular formula is C25H23ClN4OS. The molecule has 1 N–H and O–H groups in total. The van der Waals surface area contributed by atoms with Crippen LogP contribution >= 0.6 is 23.4 Å². The molecular weight excluding hydrogens is 440 g/mol. The van der Waals surface area contributed by atoms with Crippen LogP contribution in [0.3, 0.4) is 0 Å². The van der Waals surface area contributed by atoms with E-state index in [1.54, 1.807) is 11.8 Å². The summed E-state index contributed by atoms with van der Waals surface area (Å²) in [6.45, 7) is 0.552. The van der Waals surface area contributed by atoms with Crippen molar-refractivity contribution < 1.29 is 4.79 Å². The Morgan fingerprint density at radius 3 is 2.34 bits per heavy atom. The zero-order chi connectivity index (χ0) is 22.2. The van der Waals surface area contributed by atoms with Crippen molar-refractivity contribution in [3.8, 4) is 17.1 Å². The normalized spacial score (nSPS) is 10.8. The summed E-state index contributed by atoms with van der Waals surface area (Å²) >= 11 is 8.02. The van der Waals surface area contributed by atoms with Crippen LogP contribution in [0.4, 0.5) is 0 Å². The van der Waals surface area contributed by atoms with Gasteiger partial charge < -0.3 is 5.32 Å². The van der Waals surface area contributed by atoms with E-state index in [9.17, 15) is 4.79 Å². The fraction of sp³-hybridized carbons (Fsp3) is 0.160. The van der Waals surface area contributed by atoms with Crippen LogP contribution in [-0.4, -0.2) is 26.4 Å². The second kappa shape index (κ2) is 11.0. The molecule has 0 saturated heterocycles. The minimum absolute atomic E-state index is 0.0516. The first-order valence-electron chi connectivity index (χ1n) is 10.4. The summed E-state index contributed by atoms with van der Waals surface area (Å²) in [6, 6.07) is 27.5. The number of aromatic nitrogens is 3. The van der Waals surface area contributed by atoms with Gasteiger partial charge in [0.15, 0.2) is 11.0 Å². The predicted octanol–water partition coefficient (Wildman–Crippen LogP) is 5.78. The zero-order valence-electron chi connectivity index (χ0n) is 17.4. The molecule has 0 unspecified atom stereocenters. The Balaban J connectivity index is 1.40. The lowest BCUT2D eigenvalue weighted by molar-refractivity contribution is -0.121. The molecule has 0 saturated carbocycles. The highest BCUT2D eigenvalue weighted by atomic mass is 35.5. The number of para-hydroxylation sites is 1. The molecule has 1 heterocycles. The van der Waals surface area contributed by atoms with Gasteiger partial charge in [0.25, 0.3) is 0 Å². The second-order valence-corrected chi connectivity index (χ2v) is 8.64. The van der Waals surface area contributed by atoms with Crippen molar-refractivity contribution in [2.45, 2.75) is 24.5 Å². The third-order valence-corrected chi connectivity index (χ3v) is 6.22. The molecule has 0 aliphatic carbocycles. The molecule has 0 bridgehead atoms. The van der Waals surface area contributed by atoms with E-state index >= 15 is 0 Å². The molecule has 5 nitrogen and oxygen atoms in total. The summed E-state index contributed by atoms with van der Waals surface area (Å²) < 4.78 is 2.02. The van der Waals surface area contributed by atoms with Crippen LogP contribution in [0.5, 0.6) is 0 Å². The van der Waals surface area contributed by atoms with Gasteiger partial charge >= 0.3 is 0 Å². The third kappa shape index (κ3) is 5.58. The molecule has 1 aromatic heterocycles. The first-order chi connectivity index (χ1) is 15.7. The maximum atomic E-state index is 12.2. The molecule has 0 spiro atoms. The number of amides is 1. The number of carbonyl (C=O) groups is 1. The Morgan fingerprint density at radius 1 is 0.906 bits per heavy atom. The number of benzene rings is 3. The van der Waals surface area contributed by atoms with E-state index < -0.39 is 0 Å². The smallest absolute Gasteiger partial charge is 0.220 e. The average molecular weight is 463 g/mol. The van der Waals surface area contributed by atoms with Crippen LogP contribution < -0.4 is 5.32 Å². The fourth-order valence-corrected chi connectivity index (χ4v) is 4.38. The van der Waals surface area contributed by atoms with Gasteiger partial charge in [-0.15, -0.1) is 10.2 Å². The van der Waals surface area contributed by atoms with Gasteiger partial charge in [-0.2, -0.15) is 0 Å². The Kier molecular flexibility index (Phi) is 7.59. The van der Waals surface area contributed by atoms with Crippen LogP contribution in [0.2, 0.25) is 5.02 Å². The Hall–Kier alpha value is -3.09. The summed E-state index contributed by atoms with van der Waals surface area (Å²) in [4.78, 5) is 12.2. The number of carbonyl (C=O) groups excluding carboxylic acids is 1. The minimum atomic E-state index is 0.0516. The van der Waals surface area contributed by atoms with Gasteiger partial charge in [0.1, 0.15) is 0 Å². The molecule has 0 aliphatic heterocycles. The van der Waals surface area contributed by atoms with E-state index in [-0.39, 0.29) is 5.91 Å². The molecule has 0 fully saturated rings. The molecule has 0 aliphatic rings. The highest BCUT2D eigenvalue weighted by Gasteiger charge is 2.17. The molecule has 162 valence electrons. The van der Waals surface area contributed by atoms with E-state index in [1.165, 1.54) is 0 Å². The van der Waals surface area contributed by atoms with Crippen molar-refractivity contribution in [3.63, 3.8) is 0 Å². The van der Waals surface area contributed by atoms with E-state index in [4.69, 9.17) is 11.6 Å². The summed E-state index contributed by atoms with van der Waals surface area (Å²) in [5, 5.41) is 13.2. The lowest BCUT2D eigenvalue weighted by Crippen LogP contribution is -2.22. The molecule has 1 amide bonds. The van der Waals surface area contributed by atoms with Crippen LogP contribution in [0.25, 0.3) is 17.1 Å². The highest BCUT2D eigenvalue weighted by molar-refractivity contribution is 7.99. The van der Waals surface area contributed by atoms with Crippen molar-refractivity contribution in [2.75, 3.05) is 5.75 Å². The number of nitrogens with one attached hydrogen (secondary N) is 1. The molecule has 32 heavy (non-hydrogen) atoms. The largest absolute Gasteiger partial charge is 0.352 e. The first kappa shape index (κ1) is 22.1. The monoisotopic (exact) mass is 462 g/mol. The van der Waals surface area contributed by atoms with Crippen LogP contribution in [-0.2, 0) is 11.3 Å². The number of thioether (sulfide) groups is 1. The summed E-state index contributed by atoms with van der Waals surface area (Å²) in [7, 11) is 0. The molecule has 4 aromatic rings. The number of hydrogen-bond acceptors (Lipinski definition) is 4. The van der Waals surface area contributed by atoms with E-state index in [2.05, 4.69) is 15.5 Å². The SMILES string of the molecule is O=C(CCCSc1nnc(-c2ccccc2Cl)n1-c1ccccc1)NCc1ccccc1. The first-order valence-corrected chi connectivity index (χ1v) is 11.8.